The van der Waals surface area contributed by atoms with Crippen LogP contribution in [0.15, 0.2) is 48.5 Å². The van der Waals surface area contributed by atoms with Gasteiger partial charge in [-0.1, -0.05) is 29.8 Å². The monoisotopic (exact) mass is 420 g/mol. The molecule has 0 aliphatic heterocycles. The number of carbonyl (C=O) groups is 2. The summed E-state index contributed by atoms with van der Waals surface area (Å²) < 4.78 is 18.5. The molecule has 2 aromatic carbocycles. The second-order valence-electron chi connectivity index (χ2n) is 7.77. The number of benzene rings is 2. The van der Waals surface area contributed by atoms with E-state index in [-0.39, 0.29) is 25.0 Å². The average Bonchev–Trinajstić information content (AvgIpc) is 2.65. The molecule has 0 aromatic heterocycles. The number of hydrogen-bond donors (Lipinski definition) is 1. The quantitative estimate of drug-likeness (QED) is 0.730. The maximum absolute atomic E-state index is 13.0. The van der Waals surface area contributed by atoms with Gasteiger partial charge in [-0.05, 0) is 63.6 Å². The Morgan fingerprint density at radius 1 is 1.14 bits per heavy atom. The molecule has 0 saturated heterocycles. The van der Waals surface area contributed by atoms with Crippen LogP contribution in [0.4, 0.5) is 4.39 Å². The first kappa shape index (κ1) is 22.7. The predicted molar refractivity (Wildman–Crippen MR) is 111 cm³/mol. The molecule has 0 aliphatic rings. The Balaban J connectivity index is 2.18. The highest BCUT2D eigenvalue weighted by atomic mass is 35.5. The van der Waals surface area contributed by atoms with E-state index in [1.54, 1.807) is 25.1 Å². The van der Waals surface area contributed by atoms with Gasteiger partial charge >= 0.3 is 0 Å². The molecule has 0 unspecified atom stereocenters. The third-order valence-corrected chi connectivity index (χ3v) is 4.51. The Kier molecular flexibility index (Phi) is 7.62. The standard InChI is InChI=1S/C22H26ClFN2O3/c1-15(21(28)25-22(2,3)4)26(13-16-7-5-6-8-19(16)23)20(27)14-29-18-11-9-17(24)10-12-18/h5-12,15H,13-14H2,1-4H3,(H,25,28)/t15-/m0/s1. The predicted octanol–water partition coefficient (Wildman–Crippen LogP) is 4.19. The van der Waals surface area contributed by atoms with Gasteiger partial charge in [-0.15, -0.1) is 0 Å². The lowest BCUT2D eigenvalue weighted by atomic mass is 10.1. The van der Waals surface area contributed by atoms with Crippen molar-refractivity contribution in [2.24, 2.45) is 0 Å². The molecular weight excluding hydrogens is 395 g/mol. The second kappa shape index (κ2) is 9.74. The van der Waals surface area contributed by atoms with Crippen molar-refractivity contribution in [2.75, 3.05) is 6.61 Å². The minimum atomic E-state index is -0.741. The van der Waals surface area contributed by atoms with Crippen molar-refractivity contribution in [1.29, 1.82) is 0 Å². The number of ether oxygens (including phenoxy) is 1. The van der Waals surface area contributed by atoms with Gasteiger partial charge in [0.25, 0.3) is 5.91 Å². The van der Waals surface area contributed by atoms with E-state index in [0.717, 1.165) is 5.56 Å². The van der Waals surface area contributed by atoms with Crippen molar-refractivity contribution in [1.82, 2.24) is 10.2 Å². The van der Waals surface area contributed by atoms with Gasteiger partial charge in [0.2, 0.25) is 5.91 Å². The summed E-state index contributed by atoms with van der Waals surface area (Å²) >= 11 is 6.25. The highest BCUT2D eigenvalue weighted by Crippen LogP contribution is 2.19. The molecule has 29 heavy (non-hydrogen) atoms. The zero-order valence-corrected chi connectivity index (χ0v) is 17.8. The van der Waals surface area contributed by atoms with E-state index in [9.17, 15) is 14.0 Å². The molecule has 0 saturated carbocycles. The summed E-state index contributed by atoms with van der Waals surface area (Å²) in [7, 11) is 0. The molecule has 1 atom stereocenters. The Morgan fingerprint density at radius 3 is 2.34 bits per heavy atom. The summed E-state index contributed by atoms with van der Waals surface area (Å²) in [6.07, 6.45) is 0. The fraction of sp³-hybridized carbons (Fsp3) is 0.364. The van der Waals surface area contributed by atoms with Crippen LogP contribution in [0.3, 0.4) is 0 Å². The lowest BCUT2D eigenvalue weighted by Crippen LogP contribution is -2.53. The maximum atomic E-state index is 13.0. The second-order valence-corrected chi connectivity index (χ2v) is 8.18. The largest absolute Gasteiger partial charge is 0.484 e. The number of halogens is 2. The van der Waals surface area contributed by atoms with E-state index in [2.05, 4.69) is 5.32 Å². The van der Waals surface area contributed by atoms with Gasteiger partial charge in [-0.25, -0.2) is 4.39 Å². The van der Waals surface area contributed by atoms with Crippen molar-refractivity contribution in [2.45, 2.75) is 45.8 Å². The Hall–Kier alpha value is -2.60. The van der Waals surface area contributed by atoms with Crippen molar-refractivity contribution in [3.63, 3.8) is 0 Å². The van der Waals surface area contributed by atoms with Gasteiger partial charge in [-0.2, -0.15) is 0 Å². The summed E-state index contributed by atoms with van der Waals surface area (Å²) in [5.74, 6) is -0.689. The number of rotatable bonds is 7. The lowest BCUT2D eigenvalue weighted by molar-refractivity contribution is -0.142. The SMILES string of the molecule is C[C@@H](C(=O)NC(C)(C)C)N(Cc1ccccc1Cl)C(=O)COc1ccc(F)cc1. The van der Waals surface area contributed by atoms with Crippen LogP contribution in [0, 0.1) is 5.82 Å². The summed E-state index contributed by atoms with van der Waals surface area (Å²) in [6, 6.07) is 11.8. The number of carbonyl (C=O) groups excluding carboxylic acids is 2. The average molecular weight is 421 g/mol. The molecule has 2 aromatic rings. The van der Waals surface area contributed by atoms with Gasteiger partial charge in [0.05, 0.1) is 0 Å². The summed E-state index contributed by atoms with van der Waals surface area (Å²) in [5.41, 5.74) is 0.286. The van der Waals surface area contributed by atoms with Crippen molar-refractivity contribution in [3.8, 4) is 5.75 Å². The van der Waals surface area contributed by atoms with Crippen LogP contribution in [0.25, 0.3) is 0 Å². The zero-order valence-electron chi connectivity index (χ0n) is 17.0. The molecule has 5 nitrogen and oxygen atoms in total. The topological polar surface area (TPSA) is 58.6 Å². The zero-order chi connectivity index (χ0) is 21.6. The van der Waals surface area contributed by atoms with E-state index >= 15 is 0 Å². The minimum absolute atomic E-state index is 0.157. The smallest absolute Gasteiger partial charge is 0.261 e. The molecule has 2 amide bonds. The van der Waals surface area contributed by atoms with Crippen molar-refractivity contribution < 1.29 is 18.7 Å². The fourth-order valence-electron chi connectivity index (χ4n) is 2.63. The third kappa shape index (κ3) is 7.06. The summed E-state index contributed by atoms with van der Waals surface area (Å²) in [5, 5.41) is 3.39. The molecule has 0 spiro atoms. The molecule has 0 heterocycles. The highest BCUT2D eigenvalue weighted by Gasteiger charge is 2.29. The van der Waals surface area contributed by atoms with Gasteiger partial charge < -0.3 is 15.0 Å². The molecule has 1 N–H and O–H groups in total. The number of nitrogens with zero attached hydrogens (tertiary/aromatic N) is 1. The Bertz CT molecular complexity index is 850. The lowest BCUT2D eigenvalue weighted by Gasteiger charge is -2.31. The van der Waals surface area contributed by atoms with Crippen LogP contribution in [0.1, 0.15) is 33.3 Å². The molecular formula is C22H26ClFN2O3. The number of nitrogens with one attached hydrogen (secondary N) is 1. The van der Waals surface area contributed by atoms with Gasteiger partial charge in [0, 0.05) is 17.1 Å². The van der Waals surface area contributed by atoms with Gasteiger partial charge in [0.1, 0.15) is 17.6 Å². The van der Waals surface area contributed by atoms with Crippen molar-refractivity contribution >= 4 is 23.4 Å². The number of hydrogen-bond acceptors (Lipinski definition) is 3. The fourth-order valence-corrected chi connectivity index (χ4v) is 2.82. The van der Waals surface area contributed by atoms with E-state index in [4.69, 9.17) is 16.3 Å². The molecule has 0 bridgehead atoms. The first-order valence-electron chi connectivity index (χ1n) is 9.30. The van der Waals surface area contributed by atoms with Crippen LogP contribution in [0.5, 0.6) is 5.75 Å². The first-order chi connectivity index (χ1) is 13.6. The van der Waals surface area contributed by atoms with Gasteiger partial charge in [0.15, 0.2) is 6.61 Å². The Morgan fingerprint density at radius 2 is 1.76 bits per heavy atom. The summed E-state index contributed by atoms with van der Waals surface area (Å²) in [4.78, 5) is 27.0. The normalized spacial score (nSPS) is 12.2. The van der Waals surface area contributed by atoms with E-state index in [1.165, 1.54) is 29.2 Å². The van der Waals surface area contributed by atoms with Crippen molar-refractivity contribution in [3.05, 3.63) is 64.9 Å². The molecule has 0 aliphatic carbocycles. The molecule has 7 heteroatoms. The van der Waals surface area contributed by atoms with Crippen LogP contribution in [0.2, 0.25) is 5.02 Å². The maximum Gasteiger partial charge on any atom is 0.261 e. The molecule has 2 rings (SSSR count). The minimum Gasteiger partial charge on any atom is -0.484 e. The molecule has 0 fully saturated rings. The number of amides is 2. The van der Waals surface area contributed by atoms with Crippen LogP contribution in [-0.4, -0.2) is 34.9 Å². The molecule has 156 valence electrons. The summed E-state index contributed by atoms with van der Waals surface area (Å²) in [6.45, 7) is 7.14. The van der Waals surface area contributed by atoms with Gasteiger partial charge in [-0.3, -0.25) is 9.59 Å². The van der Waals surface area contributed by atoms with E-state index in [1.807, 2.05) is 26.8 Å². The molecule has 0 radical (unpaired) electrons. The first-order valence-corrected chi connectivity index (χ1v) is 9.68. The van der Waals surface area contributed by atoms with E-state index in [0.29, 0.717) is 10.8 Å². The van der Waals surface area contributed by atoms with Crippen LogP contribution in [-0.2, 0) is 16.1 Å². The van der Waals surface area contributed by atoms with Crippen LogP contribution < -0.4 is 10.1 Å². The van der Waals surface area contributed by atoms with Crippen LogP contribution >= 0.6 is 11.6 Å². The third-order valence-electron chi connectivity index (χ3n) is 4.14. The Labute approximate surface area is 175 Å². The highest BCUT2D eigenvalue weighted by molar-refractivity contribution is 6.31. The van der Waals surface area contributed by atoms with E-state index < -0.39 is 17.4 Å².